The van der Waals surface area contributed by atoms with Crippen molar-refractivity contribution >= 4 is 5.91 Å². The number of hydrogen-bond donors (Lipinski definition) is 2. The third-order valence-electron chi connectivity index (χ3n) is 3.30. The van der Waals surface area contributed by atoms with Crippen LogP contribution in [-0.2, 0) is 0 Å². The summed E-state index contributed by atoms with van der Waals surface area (Å²) in [5.74, 6) is -0.520. The summed E-state index contributed by atoms with van der Waals surface area (Å²) in [5.41, 5.74) is 1.24. The number of carbonyl (C=O) groups is 1. The van der Waals surface area contributed by atoms with Gasteiger partial charge in [-0.2, -0.15) is 0 Å². The van der Waals surface area contributed by atoms with E-state index in [9.17, 15) is 15.0 Å². The molecule has 1 aromatic carbocycles. The molecule has 1 aliphatic rings. The normalized spacial score (nSPS) is 13.7. The molecule has 2 rings (SSSR count). The zero-order chi connectivity index (χ0) is 15.2. The first kappa shape index (κ1) is 14.9. The van der Waals surface area contributed by atoms with Gasteiger partial charge in [0.15, 0.2) is 0 Å². The maximum Gasteiger partial charge on any atom is 0.257 e. The van der Waals surface area contributed by atoms with Crippen molar-refractivity contribution in [2.24, 2.45) is 0 Å². The highest BCUT2D eigenvalue weighted by molar-refractivity contribution is 5.97. The number of nitrogens with zero attached hydrogens (tertiary/aromatic N) is 1. The first-order chi connectivity index (χ1) is 10.1. The van der Waals surface area contributed by atoms with Gasteiger partial charge >= 0.3 is 0 Å². The van der Waals surface area contributed by atoms with Gasteiger partial charge < -0.3 is 15.1 Å². The van der Waals surface area contributed by atoms with Crippen molar-refractivity contribution in [3.63, 3.8) is 0 Å². The quantitative estimate of drug-likeness (QED) is 0.894. The molecule has 21 heavy (non-hydrogen) atoms. The van der Waals surface area contributed by atoms with Gasteiger partial charge in [0, 0.05) is 19.2 Å². The lowest BCUT2D eigenvalue weighted by Crippen LogP contribution is -2.32. The Balaban J connectivity index is 2.18. The van der Waals surface area contributed by atoms with E-state index in [1.807, 2.05) is 37.3 Å². The van der Waals surface area contributed by atoms with E-state index in [2.05, 4.69) is 0 Å². The highest BCUT2D eigenvalue weighted by Crippen LogP contribution is 2.24. The number of hydrogen-bond acceptors (Lipinski definition) is 3. The molecule has 0 heterocycles. The lowest BCUT2D eigenvalue weighted by molar-refractivity contribution is 0.0776. The second kappa shape index (κ2) is 6.79. The van der Waals surface area contributed by atoms with E-state index in [0.717, 1.165) is 12.0 Å². The fraction of sp³-hybridized carbons (Fsp3) is 0.235. The molecule has 1 aliphatic carbocycles. The Morgan fingerprint density at radius 1 is 1.29 bits per heavy atom. The predicted molar refractivity (Wildman–Crippen MR) is 82.3 cm³/mol. The molecule has 1 aromatic rings. The Morgan fingerprint density at radius 2 is 2.10 bits per heavy atom. The number of rotatable bonds is 4. The van der Waals surface area contributed by atoms with Gasteiger partial charge in [-0.05, 0) is 31.1 Å². The first-order valence-corrected chi connectivity index (χ1v) is 6.95. The Labute approximate surface area is 124 Å². The second-order valence-corrected chi connectivity index (χ2v) is 4.83. The highest BCUT2D eigenvalue weighted by atomic mass is 16.3. The standard InChI is InChI=1S/C17H19NO3/c1-2-18(12-13-7-5-3-4-6-8-13)17(21)15-10-9-14(19)11-16(15)20/h3,5-11,19-20H,2,4,12H2,1H3. The number of amides is 1. The van der Waals surface area contributed by atoms with E-state index in [-0.39, 0.29) is 23.0 Å². The molecule has 0 unspecified atom stereocenters. The first-order valence-electron chi connectivity index (χ1n) is 6.95. The number of allylic oxidation sites excluding steroid dienone is 4. The molecule has 4 nitrogen and oxygen atoms in total. The van der Waals surface area contributed by atoms with Gasteiger partial charge in [-0.1, -0.05) is 30.4 Å². The van der Waals surface area contributed by atoms with Gasteiger partial charge in [-0.25, -0.2) is 0 Å². The summed E-state index contributed by atoms with van der Waals surface area (Å²) in [6.07, 6.45) is 11.0. The van der Waals surface area contributed by atoms with Crippen molar-refractivity contribution in [1.82, 2.24) is 4.90 Å². The minimum atomic E-state index is -0.252. The van der Waals surface area contributed by atoms with E-state index < -0.39 is 0 Å². The maximum atomic E-state index is 12.5. The molecule has 0 radical (unpaired) electrons. The summed E-state index contributed by atoms with van der Waals surface area (Å²) in [7, 11) is 0. The summed E-state index contributed by atoms with van der Waals surface area (Å²) >= 11 is 0. The monoisotopic (exact) mass is 285 g/mol. The van der Waals surface area contributed by atoms with Crippen LogP contribution < -0.4 is 0 Å². The van der Waals surface area contributed by atoms with Crippen molar-refractivity contribution < 1.29 is 15.0 Å². The lowest BCUT2D eigenvalue weighted by Gasteiger charge is -2.22. The fourth-order valence-corrected chi connectivity index (χ4v) is 2.15. The fourth-order valence-electron chi connectivity index (χ4n) is 2.15. The van der Waals surface area contributed by atoms with Crippen molar-refractivity contribution in [3.05, 3.63) is 59.7 Å². The summed E-state index contributed by atoms with van der Waals surface area (Å²) in [4.78, 5) is 14.1. The van der Waals surface area contributed by atoms with E-state index in [4.69, 9.17) is 0 Å². The Bertz CT molecular complexity index is 614. The molecule has 2 N–H and O–H groups in total. The molecule has 0 atom stereocenters. The zero-order valence-electron chi connectivity index (χ0n) is 12.0. The molecular weight excluding hydrogens is 266 g/mol. The molecule has 0 bridgehead atoms. The smallest absolute Gasteiger partial charge is 0.257 e. The number of phenols is 2. The number of carbonyl (C=O) groups excluding carboxylic acids is 1. The largest absolute Gasteiger partial charge is 0.508 e. The second-order valence-electron chi connectivity index (χ2n) is 4.83. The molecule has 0 fully saturated rings. The molecular formula is C17H19NO3. The van der Waals surface area contributed by atoms with Crippen molar-refractivity contribution in [3.8, 4) is 11.5 Å². The van der Waals surface area contributed by atoms with Crippen molar-refractivity contribution in [2.45, 2.75) is 13.3 Å². The summed E-state index contributed by atoms with van der Waals surface area (Å²) < 4.78 is 0. The molecule has 0 aromatic heterocycles. The van der Waals surface area contributed by atoms with Crippen molar-refractivity contribution in [1.29, 1.82) is 0 Å². The van der Waals surface area contributed by atoms with Gasteiger partial charge in [0.25, 0.3) is 5.91 Å². The third kappa shape index (κ3) is 3.75. The SMILES string of the molecule is CCN(CC1=CC=CCC=C1)C(=O)c1ccc(O)cc1O. The van der Waals surface area contributed by atoms with Crippen LogP contribution in [0.2, 0.25) is 0 Å². The van der Waals surface area contributed by atoms with E-state index in [1.54, 1.807) is 4.90 Å². The maximum absolute atomic E-state index is 12.5. The van der Waals surface area contributed by atoms with E-state index in [0.29, 0.717) is 13.1 Å². The third-order valence-corrected chi connectivity index (χ3v) is 3.30. The highest BCUT2D eigenvalue weighted by Gasteiger charge is 2.18. The summed E-state index contributed by atoms with van der Waals surface area (Å²) in [6.45, 7) is 2.91. The van der Waals surface area contributed by atoms with Gasteiger partial charge in [-0.15, -0.1) is 0 Å². The molecule has 110 valence electrons. The molecule has 0 spiro atoms. The van der Waals surface area contributed by atoms with E-state index >= 15 is 0 Å². The van der Waals surface area contributed by atoms with Crippen molar-refractivity contribution in [2.75, 3.05) is 13.1 Å². The minimum Gasteiger partial charge on any atom is -0.508 e. The summed E-state index contributed by atoms with van der Waals surface area (Å²) in [5, 5.41) is 19.1. The molecule has 1 amide bonds. The van der Waals surface area contributed by atoms with Crippen LogP contribution in [0.1, 0.15) is 23.7 Å². The van der Waals surface area contributed by atoms with Crippen LogP contribution in [0.3, 0.4) is 0 Å². The topological polar surface area (TPSA) is 60.8 Å². The van der Waals surface area contributed by atoms with Crippen LogP contribution in [0.4, 0.5) is 0 Å². The number of likely N-dealkylation sites (N-methyl/N-ethyl adjacent to an activating group) is 1. The van der Waals surface area contributed by atoms with Gasteiger partial charge in [-0.3, -0.25) is 4.79 Å². The van der Waals surface area contributed by atoms with Crippen LogP contribution in [0, 0.1) is 0 Å². The van der Waals surface area contributed by atoms with Crippen LogP contribution in [0.25, 0.3) is 0 Å². The minimum absolute atomic E-state index is 0.0633. The number of phenolic OH excluding ortho intramolecular Hbond substituents is 2. The average Bonchev–Trinajstić information content (AvgIpc) is 2.72. The van der Waals surface area contributed by atoms with Crippen LogP contribution in [0.5, 0.6) is 11.5 Å². The van der Waals surface area contributed by atoms with Crippen LogP contribution in [-0.4, -0.2) is 34.1 Å². The summed E-state index contributed by atoms with van der Waals surface area (Å²) in [6, 6.07) is 4.01. The molecule has 0 aliphatic heterocycles. The Hall–Kier alpha value is -2.49. The molecule has 4 heteroatoms. The number of benzene rings is 1. The van der Waals surface area contributed by atoms with Crippen LogP contribution in [0.15, 0.2) is 54.2 Å². The predicted octanol–water partition coefficient (Wildman–Crippen LogP) is 3.00. The zero-order valence-corrected chi connectivity index (χ0v) is 12.0. The lowest BCUT2D eigenvalue weighted by atomic mass is 10.1. The Kier molecular flexibility index (Phi) is 4.82. The average molecular weight is 285 g/mol. The van der Waals surface area contributed by atoms with Gasteiger partial charge in [0.05, 0.1) is 5.56 Å². The van der Waals surface area contributed by atoms with E-state index in [1.165, 1.54) is 18.2 Å². The molecule has 0 saturated heterocycles. The van der Waals surface area contributed by atoms with Gasteiger partial charge in [0.1, 0.15) is 11.5 Å². The van der Waals surface area contributed by atoms with Crippen LogP contribution >= 0.6 is 0 Å². The molecule has 0 saturated carbocycles. The Morgan fingerprint density at radius 3 is 2.81 bits per heavy atom. The van der Waals surface area contributed by atoms with Gasteiger partial charge in [0.2, 0.25) is 0 Å². The number of aromatic hydroxyl groups is 2.